The van der Waals surface area contributed by atoms with Crippen LogP contribution in [0.5, 0.6) is 0 Å². The average molecular weight is 322 g/mol. The van der Waals surface area contributed by atoms with Crippen LogP contribution in [0.3, 0.4) is 0 Å². The summed E-state index contributed by atoms with van der Waals surface area (Å²) >= 11 is 0. The van der Waals surface area contributed by atoms with Crippen LogP contribution < -0.4 is 0 Å². The second-order valence-electron chi connectivity index (χ2n) is 5.92. The first-order chi connectivity index (χ1) is 11.8. The smallest absolute Gasteiger partial charge is 0.258 e. The molecule has 0 aromatic carbocycles. The molecular formula is C17H18N6O. The fraction of sp³-hybridized carbons (Fsp3) is 0.294. The molecule has 24 heavy (non-hydrogen) atoms. The molecule has 0 saturated carbocycles. The Labute approximate surface area is 139 Å². The Kier molecular flexibility index (Phi) is 3.82. The monoisotopic (exact) mass is 322 g/mol. The van der Waals surface area contributed by atoms with Gasteiger partial charge in [0.05, 0.1) is 30.0 Å². The predicted octanol–water partition coefficient (Wildman–Crippen LogP) is 1.97. The molecule has 1 atom stereocenters. The van der Waals surface area contributed by atoms with E-state index >= 15 is 0 Å². The molecule has 122 valence electrons. The number of hydrogen-bond acceptors (Lipinski definition) is 4. The van der Waals surface area contributed by atoms with Gasteiger partial charge in [-0.2, -0.15) is 10.2 Å². The van der Waals surface area contributed by atoms with Crippen molar-refractivity contribution in [1.82, 2.24) is 29.9 Å². The Morgan fingerprint density at radius 1 is 1.29 bits per heavy atom. The Balaban J connectivity index is 1.59. The largest absolute Gasteiger partial charge is 0.334 e. The number of pyridine rings is 1. The minimum atomic E-state index is 0.0187. The zero-order chi connectivity index (χ0) is 16.4. The van der Waals surface area contributed by atoms with E-state index in [1.165, 1.54) is 0 Å². The zero-order valence-corrected chi connectivity index (χ0v) is 13.2. The Morgan fingerprint density at radius 3 is 2.96 bits per heavy atom. The Morgan fingerprint density at radius 2 is 2.17 bits per heavy atom. The van der Waals surface area contributed by atoms with E-state index in [0.717, 1.165) is 37.2 Å². The zero-order valence-electron chi connectivity index (χ0n) is 13.2. The van der Waals surface area contributed by atoms with Gasteiger partial charge >= 0.3 is 0 Å². The van der Waals surface area contributed by atoms with Crippen molar-refractivity contribution in [3.8, 4) is 11.3 Å². The van der Waals surface area contributed by atoms with Gasteiger partial charge in [0.1, 0.15) is 0 Å². The minimum absolute atomic E-state index is 0.0187. The first-order valence-electron chi connectivity index (χ1n) is 8.05. The summed E-state index contributed by atoms with van der Waals surface area (Å²) in [6.45, 7) is 1.49. The topological polar surface area (TPSA) is 79.7 Å². The highest BCUT2D eigenvalue weighted by Gasteiger charge is 2.31. The van der Waals surface area contributed by atoms with E-state index in [1.807, 2.05) is 34.0 Å². The molecule has 0 unspecified atom stereocenters. The van der Waals surface area contributed by atoms with Crippen LogP contribution in [0.15, 0.2) is 49.2 Å². The van der Waals surface area contributed by atoms with Gasteiger partial charge in [-0.3, -0.25) is 19.6 Å². The van der Waals surface area contributed by atoms with Crippen LogP contribution in [0, 0.1) is 0 Å². The second-order valence-corrected chi connectivity index (χ2v) is 5.92. The molecule has 3 aromatic heterocycles. The van der Waals surface area contributed by atoms with Crippen molar-refractivity contribution >= 4 is 5.91 Å². The second kappa shape index (κ2) is 6.27. The molecule has 1 fully saturated rings. The van der Waals surface area contributed by atoms with Gasteiger partial charge in [-0.1, -0.05) is 0 Å². The maximum Gasteiger partial charge on any atom is 0.258 e. The molecule has 0 radical (unpaired) electrons. The van der Waals surface area contributed by atoms with E-state index in [2.05, 4.69) is 20.3 Å². The standard InChI is InChI=1S/C17H18N6O/c24-17(15-11-19-21-16(15)13-4-7-18-8-5-13)23-10-1-3-14(23)12-22-9-2-6-20-22/h2,4-9,11,14H,1,3,10,12H2,(H,19,21)/t14-/m0/s1. The van der Waals surface area contributed by atoms with Crippen LogP contribution in [0.25, 0.3) is 11.3 Å². The Hall–Kier alpha value is -2.96. The summed E-state index contributed by atoms with van der Waals surface area (Å²) in [4.78, 5) is 19.0. The number of carbonyl (C=O) groups excluding carboxylic acids is 1. The summed E-state index contributed by atoms with van der Waals surface area (Å²) in [6, 6.07) is 5.81. The molecule has 4 rings (SSSR count). The predicted molar refractivity (Wildman–Crippen MR) is 88.1 cm³/mol. The number of amides is 1. The molecule has 1 amide bonds. The number of nitrogens with one attached hydrogen (secondary N) is 1. The average Bonchev–Trinajstić information content (AvgIpc) is 3.37. The van der Waals surface area contributed by atoms with E-state index in [0.29, 0.717) is 5.56 Å². The molecule has 0 spiro atoms. The van der Waals surface area contributed by atoms with Crippen LogP contribution in [-0.2, 0) is 6.54 Å². The van der Waals surface area contributed by atoms with Gasteiger partial charge in [0.2, 0.25) is 0 Å². The number of carbonyl (C=O) groups is 1. The van der Waals surface area contributed by atoms with E-state index in [-0.39, 0.29) is 11.9 Å². The van der Waals surface area contributed by atoms with E-state index < -0.39 is 0 Å². The van der Waals surface area contributed by atoms with Gasteiger partial charge < -0.3 is 4.90 Å². The number of rotatable bonds is 4. The van der Waals surface area contributed by atoms with Crippen LogP contribution in [0.2, 0.25) is 0 Å². The SMILES string of the molecule is O=C(c1cn[nH]c1-c1ccncc1)N1CCC[C@H]1Cn1cccn1. The third-order valence-electron chi connectivity index (χ3n) is 4.43. The summed E-state index contributed by atoms with van der Waals surface area (Å²) in [7, 11) is 0. The summed E-state index contributed by atoms with van der Waals surface area (Å²) in [5, 5.41) is 11.3. The van der Waals surface area contributed by atoms with Gasteiger partial charge in [0.15, 0.2) is 0 Å². The maximum absolute atomic E-state index is 13.1. The molecule has 4 heterocycles. The van der Waals surface area contributed by atoms with E-state index in [4.69, 9.17) is 0 Å². The number of hydrogen-bond donors (Lipinski definition) is 1. The fourth-order valence-electron chi connectivity index (χ4n) is 3.26. The first-order valence-corrected chi connectivity index (χ1v) is 8.05. The molecule has 0 aliphatic carbocycles. The lowest BCUT2D eigenvalue weighted by molar-refractivity contribution is 0.0722. The van der Waals surface area contributed by atoms with Gasteiger partial charge in [-0.05, 0) is 31.0 Å². The van der Waals surface area contributed by atoms with Crippen molar-refractivity contribution in [3.63, 3.8) is 0 Å². The number of aromatic nitrogens is 5. The van der Waals surface area contributed by atoms with Crippen LogP contribution in [0.1, 0.15) is 23.2 Å². The highest BCUT2D eigenvalue weighted by atomic mass is 16.2. The minimum Gasteiger partial charge on any atom is -0.334 e. The van der Waals surface area contributed by atoms with Crippen LogP contribution in [0.4, 0.5) is 0 Å². The van der Waals surface area contributed by atoms with Gasteiger partial charge in [-0.25, -0.2) is 0 Å². The molecule has 7 nitrogen and oxygen atoms in total. The Bertz CT molecular complexity index is 811. The molecule has 0 bridgehead atoms. The van der Waals surface area contributed by atoms with Gasteiger partial charge in [0.25, 0.3) is 5.91 Å². The highest BCUT2D eigenvalue weighted by molar-refractivity contribution is 6.00. The molecular weight excluding hydrogens is 304 g/mol. The molecule has 1 saturated heterocycles. The molecule has 1 aliphatic heterocycles. The molecule has 1 N–H and O–H groups in total. The van der Waals surface area contributed by atoms with Gasteiger partial charge in [0, 0.05) is 36.9 Å². The van der Waals surface area contributed by atoms with Crippen molar-refractivity contribution < 1.29 is 4.79 Å². The number of aromatic amines is 1. The van der Waals surface area contributed by atoms with Crippen molar-refractivity contribution in [2.75, 3.05) is 6.54 Å². The lowest BCUT2D eigenvalue weighted by Crippen LogP contribution is -2.38. The molecule has 7 heteroatoms. The van der Waals surface area contributed by atoms with Crippen molar-refractivity contribution in [3.05, 3.63) is 54.7 Å². The summed E-state index contributed by atoms with van der Waals surface area (Å²) in [5.74, 6) is 0.0187. The van der Waals surface area contributed by atoms with Crippen LogP contribution >= 0.6 is 0 Å². The number of likely N-dealkylation sites (tertiary alicyclic amines) is 1. The van der Waals surface area contributed by atoms with E-state index in [9.17, 15) is 4.79 Å². The van der Waals surface area contributed by atoms with Gasteiger partial charge in [-0.15, -0.1) is 0 Å². The van der Waals surface area contributed by atoms with E-state index in [1.54, 1.807) is 24.8 Å². The third-order valence-corrected chi connectivity index (χ3v) is 4.43. The summed E-state index contributed by atoms with van der Waals surface area (Å²) in [5.41, 5.74) is 2.26. The van der Waals surface area contributed by atoms with Crippen LogP contribution in [-0.4, -0.2) is 48.4 Å². The quantitative estimate of drug-likeness (QED) is 0.796. The van der Waals surface area contributed by atoms with Crippen molar-refractivity contribution in [2.24, 2.45) is 0 Å². The lowest BCUT2D eigenvalue weighted by atomic mass is 10.1. The fourth-order valence-corrected chi connectivity index (χ4v) is 3.26. The molecule has 1 aliphatic rings. The van der Waals surface area contributed by atoms with Crippen molar-refractivity contribution in [1.29, 1.82) is 0 Å². The number of nitrogens with zero attached hydrogens (tertiary/aromatic N) is 5. The summed E-state index contributed by atoms with van der Waals surface area (Å²) < 4.78 is 1.88. The highest BCUT2D eigenvalue weighted by Crippen LogP contribution is 2.26. The first kappa shape index (κ1) is 14.6. The maximum atomic E-state index is 13.1. The van der Waals surface area contributed by atoms with Crippen molar-refractivity contribution in [2.45, 2.75) is 25.4 Å². The number of H-pyrrole nitrogens is 1. The third kappa shape index (κ3) is 2.68. The molecule has 3 aromatic rings. The lowest BCUT2D eigenvalue weighted by Gasteiger charge is -2.24. The normalized spacial score (nSPS) is 17.3. The summed E-state index contributed by atoms with van der Waals surface area (Å²) in [6.07, 6.45) is 10.7.